The third-order valence-electron chi connectivity index (χ3n) is 2.68. The van der Waals surface area contributed by atoms with Crippen molar-refractivity contribution in [3.05, 3.63) is 33.8 Å². The van der Waals surface area contributed by atoms with Gasteiger partial charge in [-0.05, 0) is 37.4 Å². The second-order valence-electron chi connectivity index (χ2n) is 4.28. The van der Waals surface area contributed by atoms with Gasteiger partial charge in [0.05, 0.1) is 0 Å². The van der Waals surface area contributed by atoms with Crippen LogP contribution in [0.5, 0.6) is 0 Å². The van der Waals surface area contributed by atoms with Gasteiger partial charge in [-0.1, -0.05) is 36.2 Å². The Bertz CT molecular complexity index is 321. The third kappa shape index (κ3) is 5.48. The lowest BCUT2D eigenvalue weighted by atomic mass is 10.1. The summed E-state index contributed by atoms with van der Waals surface area (Å²) in [5.41, 5.74) is 0.973. The summed E-state index contributed by atoms with van der Waals surface area (Å²) in [6, 6.07) is 5.58. The molecule has 4 heteroatoms. The van der Waals surface area contributed by atoms with Crippen LogP contribution in [0.1, 0.15) is 25.3 Å². The summed E-state index contributed by atoms with van der Waals surface area (Å²) in [4.78, 5) is 0. The summed E-state index contributed by atoms with van der Waals surface area (Å²) in [6.07, 6.45) is 2.27. The van der Waals surface area contributed by atoms with Gasteiger partial charge in [0.25, 0.3) is 0 Å². The van der Waals surface area contributed by atoms with Crippen molar-refractivity contribution >= 4 is 34.8 Å². The molecule has 1 aromatic carbocycles. The molecule has 1 nitrogen and oxygen atoms in total. The smallest absolute Gasteiger partial charge is 0.0465 e. The number of alkyl halides is 1. The Morgan fingerprint density at radius 2 is 1.88 bits per heavy atom. The van der Waals surface area contributed by atoms with Crippen LogP contribution >= 0.6 is 34.8 Å². The normalized spacial score (nSPS) is 12.7. The zero-order valence-corrected chi connectivity index (χ0v) is 12.2. The molecule has 0 saturated carbocycles. The first kappa shape index (κ1) is 15.1. The monoisotopic (exact) mass is 293 g/mol. The SMILES string of the molecule is CC(CCl)CCCNCc1c(Cl)cccc1Cl. The van der Waals surface area contributed by atoms with E-state index in [1.54, 1.807) is 0 Å². The van der Waals surface area contributed by atoms with Gasteiger partial charge in [0, 0.05) is 28.0 Å². The van der Waals surface area contributed by atoms with Gasteiger partial charge in [0.2, 0.25) is 0 Å². The average Bonchev–Trinajstić information content (AvgIpc) is 2.31. The van der Waals surface area contributed by atoms with E-state index in [9.17, 15) is 0 Å². The van der Waals surface area contributed by atoms with E-state index in [0.717, 1.165) is 40.9 Å². The molecule has 1 aromatic rings. The molecule has 0 aliphatic heterocycles. The predicted molar refractivity (Wildman–Crippen MR) is 77.3 cm³/mol. The molecule has 0 saturated heterocycles. The summed E-state index contributed by atoms with van der Waals surface area (Å²) in [5.74, 6) is 1.32. The lowest BCUT2D eigenvalue weighted by Gasteiger charge is -2.10. The zero-order valence-electron chi connectivity index (χ0n) is 9.98. The van der Waals surface area contributed by atoms with Gasteiger partial charge in [-0.15, -0.1) is 11.6 Å². The zero-order chi connectivity index (χ0) is 12.7. The number of hydrogen-bond donors (Lipinski definition) is 1. The van der Waals surface area contributed by atoms with Crippen LogP contribution in [0.4, 0.5) is 0 Å². The first-order chi connectivity index (χ1) is 8.15. The van der Waals surface area contributed by atoms with Crippen molar-refractivity contribution < 1.29 is 0 Å². The van der Waals surface area contributed by atoms with E-state index in [-0.39, 0.29) is 0 Å². The van der Waals surface area contributed by atoms with Crippen molar-refractivity contribution in [1.82, 2.24) is 5.32 Å². The van der Waals surface area contributed by atoms with Gasteiger partial charge >= 0.3 is 0 Å². The molecule has 0 radical (unpaired) electrons. The first-order valence-electron chi connectivity index (χ1n) is 5.84. The van der Waals surface area contributed by atoms with Crippen molar-refractivity contribution in [3.63, 3.8) is 0 Å². The molecule has 0 bridgehead atoms. The summed E-state index contributed by atoms with van der Waals surface area (Å²) < 4.78 is 0. The summed E-state index contributed by atoms with van der Waals surface area (Å²) >= 11 is 17.9. The molecule has 0 heterocycles. The molecule has 0 amide bonds. The third-order valence-corrected chi connectivity index (χ3v) is 3.91. The molecule has 0 aromatic heterocycles. The Balaban J connectivity index is 2.27. The number of hydrogen-bond acceptors (Lipinski definition) is 1. The van der Waals surface area contributed by atoms with Crippen LogP contribution in [0.25, 0.3) is 0 Å². The lowest BCUT2D eigenvalue weighted by Crippen LogP contribution is -2.16. The Kier molecular flexibility index (Phi) is 7.29. The van der Waals surface area contributed by atoms with Gasteiger partial charge in [0.15, 0.2) is 0 Å². The molecule has 0 fully saturated rings. The highest BCUT2D eigenvalue weighted by Gasteiger charge is 2.04. The summed E-state index contributed by atoms with van der Waals surface area (Å²) in [7, 11) is 0. The number of rotatable bonds is 7. The van der Waals surface area contributed by atoms with Crippen LogP contribution in [0, 0.1) is 5.92 Å². The van der Waals surface area contributed by atoms with Crippen molar-refractivity contribution in [3.8, 4) is 0 Å². The Hall–Kier alpha value is 0.0500. The fraction of sp³-hybridized carbons (Fsp3) is 0.538. The quantitative estimate of drug-likeness (QED) is 0.566. The van der Waals surface area contributed by atoms with Crippen molar-refractivity contribution in [2.45, 2.75) is 26.3 Å². The number of halogens is 3. The minimum Gasteiger partial charge on any atom is -0.313 e. The van der Waals surface area contributed by atoms with Gasteiger partial charge in [0.1, 0.15) is 0 Å². The van der Waals surface area contributed by atoms with Gasteiger partial charge < -0.3 is 5.32 Å². The van der Waals surface area contributed by atoms with Gasteiger partial charge in [-0.3, -0.25) is 0 Å². The molecule has 96 valence electrons. The van der Waals surface area contributed by atoms with Crippen LogP contribution in [0.15, 0.2) is 18.2 Å². The highest BCUT2D eigenvalue weighted by molar-refractivity contribution is 6.35. The van der Waals surface area contributed by atoms with E-state index in [4.69, 9.17) is 34.8 Å². The Labute approximate surface area is 118 Å². The maximum Gasteiger partial charge on any atom is 0.0465 e. The van der Waals surface area contributed by atoms with Crippen LogP contribution < -0.4 is 5.32 Å². The first-order valence-corrected chi connectivity index (χ1v) is 7.13. The maximum absolute atomic E-state index is 6.07. The van der Waals surface area contributed by atoms with Gasteiger partial charge in [-0.2, -0.15) is 0 Å². The summed E-state index contributed by atoms with van der Waals surface area (Å²) in [6.45, 7) is 3.84. The lowest BCUT2D eigenvalue weighted by molar-refractivity contribution is 0.531. The van der Waals surface area contributed by atoms with E-state index < -0.39 is 0 Å². The molecule has 17 heavy (non-hydrogen) atoms. The molecule has 0 aliphatic rings. The number of nitrogens with one attached hydrogen (secondary N) is 1. The minimum absolute atomic E-state index is 0.586. The van der Waals surface area contributed by atoms with Crippen LogP contribution in [0.2, 0.25) is 10.0 Å². The van der Waals surface area contributed by atoms with Crippen molar-refractivity contribution in [2.24, 2.45) is 5.92 Å². The van der Waals surface area contributed by atoms with Crippen molar-refractivity contribution in [2.75, 3.05) is 12.4 Å². The molecule has 1 N–H and O–H groups in total. The fourth-order valence-electron chi connectivity index (χ4n) is 1.57. The van der Waals surface area contributed by atoms with Crippen LogP contribution in [0.3, 0.4) is 0 Å². The second-order valence-corrected chi connectivity index (χ2v) is 5.40. The highest BCUT2D eigenvalue weighted by Crippen LogP contribution is 2.23. The van der Waals surface area contributed by atoms with Crippen LogP contribution in [-0.4, -0.2) is 12.4 Å². The largest absolute Gasteiger partial charge is 0.313 e. The van der Waals surface area contributed by atoms with E-state index in [1.165, 1.54) is 0 Å². The molecule has 1 unspecified atom stereocenters. The molecule has 1 rings (SSSR count). The van der Waals surface area contributed by atoms with Crippen molar-refractivity contribution in [1.29, 1.82) is 0 Å². The Morgan fingerprint density at radius 3 is 2.47 bits per heavy atom. The standard InChI is InChI=1S/C13H18Cl3N/c1-10(8-14)4-3-7-17-9-11-12(15)5-2-6-13(11)16/h2,5-6,10,17H,3-4,7-9H2,1H3. The number of benzene rings is 1. The highest BCUT2D eigenvalue weighted by atomic mass is 35.5. The Morgan fingerprint density at radius 1 is 1.24 bits per heavy atom. The van der Waals surface area contributed by atoms with E-state index in [2.05, 4.69) is 12.2 Å². The summed E-state index contributed by atoms with van der Waals surface area (Å²) in [5, 5.41) is 4.79. The molecule has 0 spiro atoms. The fourth-order valence-corrected chi connectivity index (χ4v) is 2.25. The van der Waals surface area contributed by atoms with E-state index in [1.807, 2.05) is 18.2 Å². The second kappa shape index (κ2) is 8.20. The molecular weight excluding hydrogens is 277 g/mol. The average molecular weight is 295 g/mol. The molecular formula is C13H18Cl3N. The topological polar surface area (TPSA) is 12.0 Å². The van der Waals surface area contributed by atoms with Gasteiger partial charge in [-0.25, -0.2) is 0 Å². The van der Waals surface area contributed by atoms with Crippen LogP contribution in [-0.2, 0) is 6.54 Å². The van der Waals surface area contributed by atoms with E-state index >= 15 is 0 Å². The molecule has 1 atom stereocenters. The predicted octanol–water partition coefficient (Wildman–Crippen LogP) is 4.74. The minimum atomic E-state index is 0.586. The van der Waals surface area contributed by atoms with E-state index in [0.29, 0.717) is 12.5 Å². The molecule has 0 aliphatic carbocycles. The maximum atomic E-state index is 6.07.